The van der Waals surface area contributed by atoms with Crippen LogP contribution in [0.2, 0.25) is 0 Å². The molecule has 19 heavy (non-hydrogen) atoms. The highest BCUT2D eigenvalue weighted by Crippen LogP contribution is 2.21. The van der Waals surface area contributed by atoms with Gasteiger partial charge in [-0.25, -0.2) is 0 Å². The van der Waals surface area contributed by atoms with E-state index in [-0.39, 0.29) is 17.9 Å². The maximum Gasteiger partial charge on any atom is 0.272 e. The molecule has 1 fully saturated rings. The number of rotatable bonds is 3. The van der Waals surface area contributed by atoms with E-state index >= 15 is 0 Å². The van der Waals surface area contributed by atoms with E-state index in [2.05, 4.69) is 12.0 Å². The lowest BCUT2D eigenvalue weighted by Crippen LogP contribution is -2.46. The molecule has 0 radical (unpaired) electrons. The minimum Gasteiger partial charge on any atom is -0.393 e. The molecule has 2 rings (SSSR count). The van der Waals surface area contributed by atoms with Gasteiger partial charge in [-0.15, -0.1) is 0 Å². The van der Waals surface area contributed by atoms with Gasteiger partial charge in [-0.3, -0.25) is 9.48 Å². The molecule has 1 saturated heterocycles. The monoisotopic (exact) mass is 265 g/mol. The van der Waals surface area contributed by atoms with Crippen LogP contribution in [-0.2, 0) is 13.5 Å². The minimum atomic E-state index is -0.271. The first-order valence-corrected chi connectivity index (χ1v) is 7.07. The topological polar surface area (TPSA) is 58.4 Å². The lowest BCUT2D eigenvalue weighted by molar-refractivity contribution is 0.0223. The third kappa shape index (κ3) is 2.81. The van der Waals surface area contributed by atoms with Gasteiger partial charge in [0.15, 0.2) is 0 Å². The summed E-state index contributed by atoms with van der Waals surface area (Å²) in [6, 6.07) is 1.87. The van der Waals surface area contributed by atoms with E-state index in [4.69, 9.17) is 0 Å². The molecule has 0 aromatic carbocycles. The van der Waals surface area contributed by atoms with Crippen molar-refractivity contribution in [3.63, 3.8) is 0 Å². The number of likely N-dealkylation sites (tertiary alicyclic amines) is 1. The number of nitrogens with zero attached hydrogens (tertiary/aromatic N) is 3. The second-order valence-electron chi connectivity index (χ2n) is 5.27. The Labute approximate surface area is 114 Å². The summed E-state index contributed by atoms with van der Waals surface area (Å²) < 4.78 is 1.66. The molecule has 5 heteroatoms. The molecule has 0 aliphatic carbocycles. The molecular weight excluding hydrogens is 242 g/mol. The zero-order valence-corrected chi connectivity index (χ0v) is 12.0. The summed E-state index contributed by atoms with van der Waals surface area (Å²) in [6.45, 7) is 5.36. The molecule has 0 saturated carbocycles. The largest absolute Gasteiger partial charge is 0.393 e. The zero-order chi connectivity index (χ0) is 14.0. The van der Waals surface area contributed by atoms with Crippen molar-refractivity contribution in [3.05, 3.63) is 17.5 Å². The second-order valence-corrected chi connectivity index (χ2v) is 5.27. The number of aromatic nitrogens is 2. The number of piperidine rings is 1. The van der Waals surface area contributed by atoms with Gasteiger partial charge in [0.1, 0.15) is 5.69 Å². The van der Waals surface area contributed by atoms with Crippen molar-refractivity contribution in [2.75, 3.05) is 13.1 Å². The fourth-order valence-electron chi connectivity index (χ4n) is 2.67. The quantitative estimate of drug-likeness (QED) is 0.894. The van der Waals surface area contributed by atoms with Gasteiger partial charge in [0.05, 0.1) is 11.8 Å². The van der Waals surface area contributed by atoms with Crippen LogP contribution < -0.4 is 0 Å². The van der Waals surface area contributed by atoms with Crippen LogP contribution in [0.4, 0.5) is 0 Å². The molecule has 0 spiro atoms. The molecule has 2 atom stereocenters. The van der Waals surface area contributed by atoms with Crippen LogP contribution >= 0.6 is 0 Å². The summed E-state index contributed by atoms with van der Waals surface area (Å²) in [5.74, 6) is 0.219. The predicted molar refractivity (Wildman–Crippen MR) is 72.9 cm³/mol. The lowest BCUT2D eigenvalue weighted by Gasteiger charge is -2.35. The molecule has 1 aromatic heterocycles. The normalized spacial score (nSPS) is 23.7. The Morgan fingerprint density at radius 2 is 2.26 bits per heavy atom. The average Bonchev–Trinajstić information content (AvgIpc) is 2.80. The number of hydrogen-bond donors (Lipinski definition) is 1. The van der Waals surface area contributed by atoms with Crippen LogP contribution in [0.5, 0.6) is 0 Å². The molecule has 1 amide bonds. The standard InChI is InChI=1S/C14H23N3O2/c1-4-10-9-17(7-6-13(10)18)14(19)12-8-11(5-2)15-16(12)3/h8,10,13,18H,4-7,9H2,1-3H3. The molecule has 1 N–H and O–H groups in total. The van der Waals surface area contributed by atoms with E-state index in [1.165, 1.54) is 0 Å². The van der Waals surface area contributed by atoms with Gasteiger partial charge in [0.2, 0.25) is 0 Å². The Kier molecular flexibility index (Phi) is 4.24. The third-order valence-electron chi connectivity index (χ3n) is 4.02. The lowest BCUT2D eigenvalue weighted by atomic mass is 9.92. The summed E-state index contributed by atoms with van der Waals surface area (Å²) in [5.41, 5.74) is 1.58. The Balaban J connectivity index is 2.13. The van der Waals surface area contributed by atoms with E-state index in [0.29, 0.717) is 25.2 Å². The number of aliphatic hydroxyl groups is 1. The van der Waals surface area contributed by atoms with Gasteiger partial charge in [-0.1, -0.05) is 13.8 Å². The highest BCUT2D eigenvalue weighted by molar-refractivity contribution is 5.92. The number of amides is 1. The van der Waals surface area contributed by atoms with Crippen molar-refractivity contribution < 1.29 is 9.90 Å². The van der Waals surface area contributed by atoms with Gasteiger partial charge < -0.3 is 10.0 Å². The van der Waals surface area contributed by atoms with Crippen LogP contribution in [0.1, 0.15) is 42.9 Å². The summed E-state index contributed by atoms with van der Waals surface area (Å²) in [5, 5.41) is 14.2. The highest BCUT2D eigenvalue weighted by atomic mass is 16.3. The summed E-state index contributed by atoms with van der Waals surface area (Å²) in [6.07, 6.45) is 2.13. The molecule has 1 aliphatic rings. The zero-order valence-electron chi connectivity index (χ0n) is 12.0. The third-order valence-corrected chi connectivity index (χ3v) is 4.02. The van der Waals surface area contributed by atoms with Gasteiger partial charge in [-0.2, -0.15) is 5.10 Å². The van der Waals surface area contributed by atoms with Crippen molar-refractivity contribution in [2.24, 2.45) is 13.0 Å². The van der Waals surface area contributed by atoms with Gasteiger partial charge in [0, 0.05) is 26.1 Å². The van der Waals surface area contributed by atoms with E-state index in [1.54, 1.807) is 4.68 Å². The van der Waals surface area contributed by atoms with Gasteiger partial charge >= 0.3 is 0 Å². The van der Waals surface area contributed by atoms with E-state index in [1.807, 2.05) is 24.9 Å². The van der Waals surface area contributed by atoms with E-state index in [0.717, 1.165) is 18.5 Å². The summed E-state index contributed by atoms with van der Waals surface area (Å²) in [4.78, 5) is 14.3. The SMILES string of the molecule is CCc1cc(C(=O)N2CCC(O)C(CC)C2)n(C)n1. The van der Waals surface area contributed by atoms with E-state index < -0.39 is 0 Å². The van der Waals surface area contributed by atoms with Crippen molar-refractivity contribution in [2.45, 2.75) is 39.2 Å². The summed E-state index contributed by atoms with van der Waals surface area (Å²) >= 11 is 0. The van der Waals surface area contributed by atoms with Crippen molar-refractivity contribution in [3.8, 4) is 0 Å². The maximum absolute atomic E-state index is 12.5. The first-order chi connectivity index (χ1) is 9.06. The molecular formula is C14H23N3O2. The molecule has 106 valence electrons. The van der Waals surface area contributed by atoms with Crippen molar-refractivity contribution >= 4 is 5.91 Å². The van der Waals surface area contributed by atoms with Gasteiger partial charge in [0.25, 0.3) is 5.91 Å². The fraction of sp³-hybridized carbons (Fsp3) is 0.714. The number of aryl methyl sites for hydroxylation is 2. The van der Waals surface area contributed by atoms with Crippen LogP contribution in [0.15, 0.2) is 6.07 Å². The number of carbonyl (C=O) groups is 1. The Bertz CT molecular complexity index is 456. The Hall–Kier alpha value is -1.36. The maximum atomic E-state index is 12.5. The smallest absolute Gasteiger partial charge is 0.272 e. The molecule has 2 heterocycles. The molecule has 0 bridgehead atoms. The number of carbonyl (C=O) groups excluding carboxylic acids is 1. The first-order valence-electron chi connectivity index (χ1n) is 7.07. The predicted octanol–water partition coefficient (Wildman–Crippen LogP) is 1.22. The number of hydrogen-bond acceptors (Lipinski definition) is 3. The van der Waals surface area contributed by atoms with E-state index in [9.17, 15) is 9.90 Å². The van der Waals surface area contributed by atoms with Crippen LogP contribution in [0, 0.1) is 5.92 Å². The van der Waals surface area contributed by atoms with Crippen molar-refractivity contribution in [1.82, 2.24) is 14.7 Å². The second kappa shape index (κ2) is 5.74. The minimum absolute atomic E-state index is 0.0278. The van der Waals surface area contributed by atoms with Crippen molar-refractivity contribution in [1.29, 1.82) is 0 Å². The fourth-order valence-corrected chi connectivity index (χ4v) is 2.67. The Morgan fingerprint density at radius 3 is 2.84 bits per heavy atom. The molecule has 1 aliphatic heterocycles. The van der Waals surface area contributed by atoms with Crippen LogP contribution in [0.3, 0.4) is 0 Å². The average molecular weight is 265 g/mol. The highest BCUT2D eigenvalue weighted by Gasteiger charge is 2.30. The summed E-state index contributed by atoms with van der Waals surface area (Å²) in [7, 11) is 1.81. The van der Waals surface area contributed by atoms with Crippen LogP contribution in [-0.4, -0.2) is 44.9 Å². The number of aliphatic hydroxyl groups excluding tert-OH is 1. The first kappa shape index (κ1) is 14.1. The Morgan fingerprint density at radius 1 is 1.53 bits per heavy atom. The molecule has 5 nitrogen and oxygen atoms in total. The molecule has 1 aromatic rings. The molecule has 2 unspecified atom stereocenters. The van der Waals surface area contributed by atoms with Gasteiger partial charge in [-0.05, 0) is 25.3 Å². The van der Waals surface area contributed by atoms with Crippen LogP contribution in [0.25, 0.3) is 0 Å².